The average molecular weight is 888 g/mol. The first-order chi connectivity index (χ1) is 33.8. The van der Waals surface area contributed by atoms with Gasteiger partial charge < -0.3 is 14.4 Å². The largest absolute Gasteiger partial charge is 0.334 e. The highest BCUT2D eigenvalue weighted by Gasteiger charge is 2.44. The molecule has 2 aliphatic heterocycles. The molecule has 69 heavy (non-hydrogen) atoms. The van der Waals surface area contributed by atoms with Crippen LogP contribution in [0, 0.1) is 0 Å². The highest BCUT2D eigenvalue weighted by atomic mass is 15.2. The predicted octanol–water partition coefficient (Wildman–Crippen LogP) is 17.2. The molecule has 3 heteroatoms. The van der Waals surface area contributed by atoms with Gasteiger partial charge in [-0.05, 0) is 129 Å². The maximum Gasteiger partial charge on any atom is 0.0583 e. The van der Waals surface area contributed by atoms with Crippen LogP contribution in [-0.2, 0) is 17.3 Å². The fraction of sp³-hybridized carbons (Fsp3) is 0.152. The lowest BCUT2D eigenvalue weighted by molar-refractivity contribution is 0.593. The van der Waals surface area contributed by atoms with Gasteiger partial charge in [0.25, 0.3) is 0 Å². The summed E-state index contributed by atoms with van der Waals surface area (Å²) in [6.45, 7) is 9.80. The number of anilines is 4. The molecule has 10 aromatic rings. The molecule has 0 radical (unpaired) electrons. The van der Waals surface area contributed by atoms with Crippen molar-refractivity contribution in [2.75, 3.05) is 9.80 Å². The Bertz CT molecular complexity index is 3890. The van der Waals surface area contributed by atoms with Gasteiger partial charge in [0.1, 0.15) is 0 Å². The van der Waals surface area contributed by atoms with Crippen molar-refractivity contribution in [3.8, 4) is 16.8 Å². The smallest absolute Gasteiger partial charge is 0.0583 e. The van der Waals surface area contributed by atoms with Gasteiger partial charge in [-0.3, -0.25) is 0 Å². The minimum Gasteiger partial charge on any atom is -0.334 e. The summed E-state index contributed by atoms with van der Waals surface area (Å²) in [6.07, 6.45) is 14.4. The molecule has 0 saturated carbocycles. The van der Waals surface area contributed by atoms with E-state index in [9.17, 15) is 0 Å². The molecule has 3 heterocycles. The summed E-state index contributed by atoms with van der Waals surface area (Å²) in [5.41, 5.74) is 20.5. The van der Waals surface area contributed by atoms with Gasteiger partial charge in [0.15, 0.2) is 0 Å². The monoisotopic (exact) mass is 887 g/mol. The molecule has 14 rings (SSSR count). The van der Waals surface area contributed by atoms with E-state index in [2.05, 4.69) is 248 Å². The molecule has 1 unspecified atom stereocenters. The molecule has 9 aromatic carbocycles. The fourth-order valence-electron chi connectivity index (χ4n) is 12.9. The fourth-order valence-corrected chi connectivity index (χ4v) is 12.9. The Hall–Kier alpha value is -7.88. The summed E-state index contributed by atoms with van der Waals surface area (Å²) in [5, 5.41) is 7.62. The van der Waals surface area contributed by atoms with Crippen molar-refractivity contribution < 1.29 is 0 Å². The molecule has 0 fully saturated rings. The van der Waals surface area contributed by atoms with E-state index in [-0.39, 0.29) is 16.9 Å². The predicted molar refractivity (Wildman–Crippen MR) is 292 cm³/mol. The zero-order valence-electron chi connectivity index (χ0n) is 39.7. The molecule has 0 spiro atoms. The van der Waals surface area contributed by atoms with Gasteiger partial charge in [0.05, 0.1) is 34.1 Å². The Morgan fingerprint density at radius 1 is 0.507 bits per heavy atom. The molecule has 1 atom stereocenters. The van der Waals surface area contributed by atoms with Crippen molar-refractivity contribution in [2.45, 2.75) is 63.8 Å². The van der Waals surface area contributed by atoms with Crippen LogP contribution in [0.3, 0.4) is 0 Å². The summed E-state index contributed by atoms with van der Waals surface area (Å²) < 4.78 is 2.67. The van der Waals surface area contributed by atoms with Crippen LogP contribution in [0.1, 0.15) is 73.9 Å². The third kappa shape index (κ3) is 5.80. The Morgan fingerprint density at radius 2 is 1.17 bits per heavy atom. The highest BCUT2D eigenvalue weighted by molar-refractivity contribution is 6.17. The van der Waals surface area contributed by atoms with Crippen molar-refractivity contribution in [3.63, 3.8) is 0 Å². The van der Waals surface area contributed by atoms with Crippen molar-refractivity contribution in [1.82, 2.24) is 4.57 Å². The summed E-state index contributed by atoms with van der Waals surface area (Å²) in [4.78, 5) is 5.14. The van der Waals surface area contributed by atoms with Crippen molar-refractivity contribution in [1.29, 1.82) is 0 Å². The van der Waals surface area contributed by atoms with Gasteiger partial charge in [0.2, 0.25) is 0 Å². The van der Waals surface area contributed by atoms with E-state index in [1.165, 1.54) is 122 Å². The maximum atomic E-state index is 2.67. The standard InChI is InChI=1S/C66H53N3/c1-65(2)56-30-18-31-57-64(56)69-62-54(55-40-49(41-59(63(55)69)66(57,3)4)67(46-23-7-5-8-24-46)47-25-9-6-10-26-47)38-45(39-58(62)65)50-35-36-61(53-29-16-15-28-52(50)53)68(48-34-33-42-19-11-12-21-44(42)37-48)60-32-17-22-43-20-13-14-27-51(43)60/h5-25,27-32,35-41,47H,26,33-34H2,1-4H3. The topological polar surface area (TPSA) is 11.4 Å². The van der Waals surface area contributed by atoms with Gasteiger partial charge >= 0.3 is 0 Å². The summed E-state index contributed by atoms with van der Waals surface area (Å²) in [5.74, 6) is 0. The Balaban J connectivity index is 1.04. The normalized spacial score (nSPS) is 16.9. The first-order valence-corrected chi connectivity index (χ1v) is 24.8. The number of aryl methyl sites for hydroxylation is 1. The van der Waals surface area contributed by atoms with Crippen LogP contribution in [-0.4, -0.2) is 10.6 Å². The van der Waals surface area contributed by atoms with Gasteiger partial charge in [-0.1, -0.05) is 179 Å². The minimum atomic E-state index is -0.250. The van der Waals surface area contributed by atoms with Gasteiger partial charge in [-0.2, -0.15) is 0 Å². The first-order valence-electron chi connectivity index (χ1n) is 24.8. The molecule has 3 nitrogen and oxygen atoms in total. The molecular formula is C66H53N3. The minimum absolute atomic E-state index is 0.194. The Kier molecular flexibility index (Phi) is 8.63. The second kappa shape index (κ2) is 14.8. The van der Waals surface area contributed by atoms with Crippen LogP contribution >= 0.6 is 0 Å². The molecule has 4 aliphatic rings. The van der Waals surface area contributed by atoms with Crippen LogP contribution in [0.25, 0.3) is 66.2 Å². The van der Waals surface area contributed by atoms with Crippen molar-refractivity contribution >= 4 is 72.2 Å². The second-order valence-electron chi connectivity index (χ2n) is 20.8. The lowest BCUT2D eigenvalue weighted by atomic mass is 9.68. The van der Waals surface area contributed by atoms with E-state index in [0.717, 1.165) is 19.3 Å². The average Bonchev–Trinajstić information content (AvgIpc) is 3.72. The van der Waals surface area contributed by atoms with E-state index in [0.29, 0.717) is 0 Å². The van der Waals surface area contributed by atoms with E-state index in [1.807, 2.05) is 0 Å². The molecule has 1 aromatic heterocycles. The number of allylic oxidation sites excluding steroid dienone is 3. The number of hydrogen-bond acceptors (Lipinski definition) is 2. The van der Waals surface area contributed by atoms with E-state index in [4.69, 9.17) is 0 Å². The number of fused-ring (bicyclic) bond motifs is 4. The first kappa shape index (κ1) is 40.2. The Morgan fingerprint density at radius 3 is 1.97 bits per heavy atom. The maximum absolute atomic E-state index is 2.67. The van der Waals surface area contributed by atoms with Crippen LogP contribution in [0.2, 0.25) is 0 Å². The molecule has 0 amide bonds. The zero-order valence-corrected chi connectivity index (χ0v) is 39.7. The van der Waals surface area contributed by atoms with E-state index < -0.39 is 0 Å². The van der Waals surface area contributed by atoms with Gasteiger partial charge in [-0.15, -0.1) is 0 Å². The Labute approximate surface area is 404 Å². The summed E-state index contributed by atoms with van der Waals surface area (Å²) in [7, 11) is 0. The SMILES string of the molecule is CC1(C)c2cccc3c2-n2c4c1cc(-c1ccc(N(C5=Cc6ccccc6CC5)c5cccc6ccccc56)c5ccccc15)cc4c1cc(N(c4ccccc4)C4C=CC=CC4)cc(c12)C3(C)C. The molecule has 0 saturated heterocycles. The van der Waals surface area contributed by atoms with Gasteiger partial charge in [0, 0.05) is 49.4 Å². The van der Waals surface area contributed by atoms with E-state index in [1.54, 1.807) is 0 Å². The van der Waals surface area contributed by atoms with Crippen LogP contribution in [0.15, 0.2) is 206 Å². The highest BCUT2D eigenvalue weighted by Crippen LogP contribution is 2.57. The third-order valence-electron chi connectivity index (χ3n) is 16.3. The lowest BCUT2D eigenvalue weighted by Crippen LogP contribution is -2.34. The third-order valence-corrected chi connectivity index (χ3v) is 16.3. The van der Waals surface area contributed by atoms with E-state index >= 15 is 0 Å². The number of aromatic nitrogens is 1. The lowest BCUT2D eigenvalue weighted by Gasteiger charge is -2.42. The number of nitrogens with zero attached hydrogens (tertiary/aromatic N) is 3. The van der Waals surface area contributed by atoms with Crippen molar-refractivity contribution in [3.05, 3.63) is 239 Å². The van der Waals surface area contributed by atoms with Crippen LogP contribution in [0.4, 0.5) is 22.7 Å². The van der Waals surface area contributed by atoms with Gasteiger partial charge in [-0.25, -0.2) is 0 Å². The number of para-hydroxylation sites is 2. The number of benzene rings is 9. The number of hydrogen-bond donors (Lipinski definition) is 0. The van der Waals surface area contributed by atoms with Crippen LogP contribution < -0.4 is 9.80 Å². The molecule has 0 bridgehead atoms. The second-order valence-corrected chi connectivity index (χ2v) is 20.8. The van der Waals surface area contributed by atoms with Crippen LogP contribution in [0.5, 0.6) is 0 Å². The quantitative estimate of drug-likeness (QED) is 0.158. The van der Waals surface area contributed by atoms with Crippen molar-refractivity contribution in [2.24, 2.45) is 0 Å². The number of rotatable bonds is 7. The molecular weight excluding hydrogens is 835 g/mol. The summed E-state index contributed by atoms with van der Waals surface area (Å²) in [6, 6.07) is 66.9. The zero-order chi connectivity index (χ0) is 46.2. The molecule has 332 valence electrons. The molecule has 0 N–H and O–H groups in total. The summed E-state index contributed by atoms with van der Waals surface area (Å²) >= 11 is 0. The molecule has 2 aliphatic carbocycles.